The van der Waals surface area contributed by atoms with Crippen LogP contribution < -0.4 is 0 Å². The molecule has 0 aliphatic rings. The van der Waals surface area contributed by atoms with E-state index in [2.05, 4.69) is 21.8 Å². The van der Waals surface area contributed by atoms with Crippen LogP contribution in [0.1, 0.15) is 10.4 Å². The Morgan fingerprint density at radius 3 is 3.00 bits per heavy atom. The molecule has 0 radical (unpaired) electrons. The molecule has 0 saturated carbocycles. The number of hydrogen-bond acceptors (Lipinski definition) is 5. The molecule has 2 aromatic heterocycles. The fourth-order valence-corrected chi connectivity index (χ4v) is 3.52. The maximum absolute atomic E-state index is 12.2. The monoisotopic (exact) mass is 311 g/mol. The first-order valence-electron chi connectivity index (χ1n) is 5.66. The number of rotatable bonds is 4. The zero-order valence-electron chi connectivity index (χ0n) is 10.7. The maximum atomic E-state index is 12.2. The summed E-state index contributed by atoms with van der Waals surface area (Å²) in [6.45, 7) is 0.0616. The molecule has 6 nitrogen and oxygen atoms in total. The van der Waals surface area contributed by atoms with Crippen LogP contribution in [0.2, 0.25) is 0 Å². The number of H-pyrrole nitrogens is 1. The molecule has 106 valence electrons. The van der Waals surface area contributed by atoms with Crippen LogP contribution in [-0.4, -0.2) is 41.5 Å². The third-order valence-electron chi connectivity index (χ3n) is 2.51. The number of nitrogens with one attached hydrogen (secondary N) is 1. The van der Waals surface area contributed by atoms with Gasteiger partial charge in [0.05, 0.1) is 12.5 Å². The second-order valence-corrected chi connectivity index (χ2v) is 6.95. The molecule has 20 heavy (non-hydrogen) atoms. The molecule has 8 heteroatoms. The molecule has 2 heterocycles. The summed E-state index contributed by atoms with van der Waals surface area (Å²) in [7, 11) is -2.05. The minimum absolute atomic E-state index is 0.0665. The fourth-order valence-electron chi connectivity index (χ4n) is 1.53. The Morgan fingerprint density at radius 1 is 1.55 bits per heavy atom. The zero-order chi connectivity index (χ0) is 14.6. The first-order valence-corrected chi connectivity index (χ1v) is 7.98. The Bertz CT molecular complexity index is 724. The van der Waals surface area contributed by atoms with Gasteiger partial charge in [0, 0.05) is 29.4 Å². The largest absolute Gasteiger partial charge is 0.384 e. The molecule has 0 unspecified atom stereocenters. The number of thiophene rings is 1. The van der Waals surface area contributed by atoms with Crippen molar-refractivity contribution >= 4 is 21.4 Å². The summed E-state index contributed by atoms with van der Waals surface area (Å²) < 4.78 is 25.6. The third kappa shape index (κ3) is 3.26. The van der Waals surface area contributed by atoms with Crippen LogP contribution in [0.25, 0.3) is 0 Å². The highest BCUT2D eigenvalue weighted by Crippen LogP contribution is 2.19. The Morgan fingerprint density at radius 2 is 2.35 bits per heavy atom. The van der Waals surface area contributed by atoms with Crippen LogP contribution in [0.15, 0.2) is 29.0 Å². The first-order chi connectivity index (χ1) is 9.54. The van der Waals surface area contributed by atoms with E-state index in [1.54, 1.807) is 0 Å². The molecule has 0 bridgehead atoms. The molecule has 0 aromatic carbocycles. The van der Waals surface area contributed by atoms with Crippen LogP contribution in [0.5, 0.6) is 0 Å². The van der Waals surface area contributed by atoms with E-state index in [9.17, 15) is 8.42 Å². The van der Waals surface area contributed by atoms with Crippen molar-refractivity contribution in [3.8, 4) is 11.8 Å². The van der Waals surface area contributed by atoms with Crippen LogP contribution in [0.4, 0.5) is 0 Å². The molecule has 0 aliphatic carbocycles. The van der Waals surface area contributed by atoms with E-state index in [0.717, 1.165) is 10.4 Å². The predicted octanol–water partition coefficient (Wildman–Crippen LogP) is 0.636. The smallest absolute Gasteiger partial charge is 0.260 e. The standard InChI is InChI=1S/C12H13N3O3S2/c1-15(20(17,18)12-6-13-9-14-12)7-11-5-10(8-19-11)3-2-4-16/h5-6,8-9,16H,4,7H2,1H3,(H,13,14). The summed E-state index contributed by atoms with van der Waals surface area (Å²) in [5, 5.41) is 10.5. The number of aromatic amines is 1. The minimum Gasteiger partial charge on any atom is -0.384 e. The summed E-state index contributed by atoms with van der Waals surface area (Å²) in [5.74, 6) is 5.33. The number of aliphatic hydroxyl groups excluding tert-OH is 1. The predicted molar refractivity (Wildman–Crippen MR) is 75.5 cm³/mol. The molecule has 0 saturated heterocycles. The van der Waals surface area contributed by atoms with E-state index in [0.29, 0.717) is 0 Å². The fraction of sp³-hybridized carbons (Fsp3) is 0.250. The molecule has 0 atom stereocenters. The lowest BCUT2D eigenvalue weighted by Gasteiger charge is -2.14. The molecule has 0 aliphatic heterocycles. The summed E-state index contributed by atoms with van der Waals surface area (Å²) in [6, 6.07) is 1.81. The van der Waals surface area contributed by atoms with Gasteiger partial charge >= 0.3 is 0 Å². The molecular weight excluding hydrogens is 298 g/mol. The lowest BCUT2D eigenvalue weighted by atomic mass is 10.3. The summed E-state index contributed by atoms with van der Waals surface area (Å²) in [4.78, 5) is 7.18. The van der Waals surface area contributed by atoms with Crippen LogP contribution in [-0.2, 0) is 16.6 Å². The van der Waals surface area contributed by atoms with Crippen LogP contribution >= 0.6 is 11.3 Å². The van der Waals surface area contributed by atoms with Gasteiger partial charge in [-0.2, -0.15) is 4.31 Å². The Labute approximate surface area is 121 Å². The summed E-state index contributed by atoms with van der Waals surface area (Å²) in [6.07, 6.45) is 2.60. The van der Waals surface area contributed by atoms with Gasteiger partial charge in [0.2, 0.25) is 0 Å². The second-order valence-electron chi connectivity index (χ2n) is 3.94. The van der Waals surface area contributed by atoms with Crippen molar-refractivity contribution in [3.63, 3.8) is 0 Å². The van der Waals surface area contributed by atoms with Crippen LogP contribution in [0.3, 0.4) is 0 Å². The highest BCUT2D eigenvalue weighted by Gasteiger charge is 2.22. The average Bonchev–Trinajstić information content (AvgIpc) is 3.07. The van der Waals surface area contributed by atoms with E-state index in [1.165, 1.54) is 35.2 Å². The van der Waals surface area contributed by atoms with Gasteiger partial charge in [-0.3, -0.25) is 0 Å². The third-order valence-corrected chi connectivity index (χ3v) is 5.16. The number of sulfonamides is 1. The number of imidazole rings is 1. The number of nitrogens with zero attached hydrogens (tertiary/aromatic N) is 2. The van der Waals surface area contributed by atoms with E-state index >= 15 is 0 Å². The zero-order valence-corrected chi connectivity index (χ0v) is 12.3. The van der Waals surface area contributed by atoms with Crippen molar-refractivity contribution in [1.82, 2.24) is 14.3 Å². The van der Waals surface area contributed by atoms with Crippen molar-refractivity contribution in [2.75, 3.05) is 13.7 Å². The first kappa shape index (κ1) is 14.7. The number of aliphatic hydroxyl groups is 1. The molecular formula is C12H13N3O3S2. The molecule has 0 spiro atoms. The van der Waals surface area contributed by atoms with Crippen LogP contribution in [0, 0.1) is 11.8 Å². The lowest BCUT2D eigenvalue weighted by Crippen LogP contribution is -2.26. The number of hydrogen-bond donors (Lipinski definition) is 2. The van der Waals surface area contributed by atoms with Crippen molar-refractivity contribution < 1.29 is 13.5 Å². The van der Waals surface area contributed by atoms with Gasteiger partial charge in [-0.05, 0) is 6.07 Å². The van der Waals surface area contributed by atoms with Gasteiger partial charge in [-0.1, -0.05) is 11.8 Å². The van der Waals surface area contributed by atoms with Crippen molar-refractivity contribution in [3.05, 3.63) is 34.4 Å². The molecule has 2 aromatic rings. The van der Waals surface area contributed by atoms with Crippen molar-refractivity contribution in [1.29, 1.82) is 0 Å². The number of aromatic nitrogens is 2. The summed E-state index contributed by atoms with van der Waals surface area (Å²) >= 11 is 1.43. The normalized spacial score (nSPS) is 11.3. The van der Waals surface area contributed by atoms with E-state index < -0.39 is 10.0 Å². The summed E-state index contributed by atoms with van der Waals surface area (Å²) in [5.41, 5.74) is 0.770. The maximum Gasteiger partial charge on any atom is 0.260 e. The Balaban J connectivity index is 2.12. The second kappa shape index (κ2) is 6.19. The Hall–Kier alpha value is -1.66. The minimum atomic E-state index is -3.56. The quantitative estimate of drug-likeness (QED) is 0.811. The van der Waals surface area contributed by atoms with Gasteiger partial charge in [0.1, 0.15) is 6.61 Å². The van der Waals surface area contributed by atoms with Gasteiger partial charge < -0.3 is 10.1 Å². The van der Waals surface area contributed by atoms with E-state index in [1.807, 2.05) is 11.4 Å². The topological polar surface area (TPSA) is 86.3 Å². The molecule has 2 N–H and O–H groups in total. The lowest BCUT2D eigenvalue weighted by molar-refractivity contribution is 0.350. The van der Waals surface area contributed by atoms with Crippen molar-refractivity contribution in [2.45, 2.75) is 11.6 Å². The van der Waals surface area contributed by atoms with Gasteiger partial charge in [0.25, 0.3) is 10.0 Å². The highest BCUT2D eigenvalue weighted by atomic mass is 32.2. The highest BCUT2D eigenvalue weighted by molar-refractivity contribution is 7.89. The van der Waals surface area contributed by atoms with Gasteiger partial charge in [0.15, 0.2) is 5.03 Å². The van der Waals surface area contributed by atoms with Gasteiger partial charge in [-0.25, -0.2) is 13.4 Å². The average molecular weight is 311 g/mol. The molecule has 0 fully saturated rings. The van der Waals surface area contributed by atoms with E-state index in [4.69, 9.17) is 5.11 Å². The molecule has 2 rings (SSSR count). The SMILES string of the molecule is CN(Cc1cc(C#CCO)cs1)S(=O)(=O)c1cnc[nH]1. The molecule has 0 amide bonds. The Kier molecular flexibility index (Phi) is 4.57. The van der Waals surface area contributed by atoms with E-state index in [-0.39, 0.29) is 18.2 Å². The van der Waals surface area contributed by atoms with Crippen molar-refractivity contribution in [2.24, 2.45) is 0 Å². The van der Waals surface area contributed by atoms with Gasteiger partial charge in [-0.15, -0.1) is 11.3 Å².